The van der Waals surface area contributed by atoms with Crippen LogP contribution < -0.4 is 4.74 Å². The van der Waals surface area contributed by atoms with E-state index in [9.17, 15) is 8.42 Å². The molecule has 5 heteroatoms. The summed E-state index contributed by atoms with van der Waals surface area (Å²) >= 11 is 0. The van der Waals surface area contributed by atoms with E-state index in [1.54, 1.807) is 0 Å². The van der Waals surface area contributed by atoms with Gasteiger partial charge in [0.1, 0.15) is 17.6 Å². The fourth-order valence-corrected chi connectivity index (χ4v) is 2.77. The standard InChI is InChI=1S/C19H32O4S/c1-4-6-8-10-17-12-13-18(11-9-7-5-2)19(14-17)23-15-16(3)24(20,21)22/h12-14,16H,4-11,15H2,1-3H3,(H,20,21,22). The number of benzene rings is 1. The van der Waals surface area contributed by atoms with Crippen molar-refractivity contribution in [2.45, 2.75) is 77.4 Å². The van der Waals surface area contributed by atoms with E-state index in [1.807, 2.05) is 6.07 Å². The van der Waals surface area contributed by atoms with Crippen molar-refractivity contribution in [3.05, 3.63) is 29.3 Å². The highest BCUT2D eigenvalue weighted by molar-refractivity contribution is 7.86. The Hall–Kier alpha value is -1.07. The molecule has 0 saturated heterocycles. The number of hydrogen-bond acceptors (Lipinski definition) is 3. The van der Waals surface area contributed by atoms with Crippen molar-refractivity contribution in [1.29, 1.82) is 0 Å². The summed E-state index contributed by atoms with van der Waals surface area (Å²) in [6.07, 6.45) is 8.89. The van der Waals surface area contributed by atoms with Gasteiger partial charge in [-0.3, -0.25) is 4.55 Å². The molecule has 4 nitrogen and oxygen atoms in total. The molecule has 138 valence electrons. The van der Waals surface area contributed by atoms with Crippen LogP contribution in [0.5, 0.6) is 5.75 Å². The summed E-state index contributed by atoms with van der Waals surface area (Å²) in [6.45, 7) is 5.78. The second kappa shape index (κ2) is 10.7. The first-order valence-corrected chi connectivity index (χ1v) is 10.6. The minimum Gasteiger partial charge on any atom is -0.492 e. The molecule has 1 aromatic rings. The Morgan fingerprint density at radius 3 is 2.25 bits per heavy atom. The zero-order valence-electron chi connectivity index (χ0n) is 15.3. The van der Waals surface area contributed by atoms with E-state index in [0.29, 0.717) is 0 Å². The first kappa shape index (κ1) is 21.0. The van der Waals surface area contributed by atoms with Gasteiger partial charge in [-0.15, -0.1) is 0 Å². The van der Waals surface area contributed by atoms with Crippen LogP contribution >= 0.6 is 0 Å². The van der Waals surface area contributed by atoms with Gasteiger partial charge in [-0.2, -0.15) is 8.42 Å². The Kier molecular flexibility index (Phi) is 9.37. The zero-order valence-corrected chi connectivity index (χ0v) is 16.1. The van der Waals surface area contributed by atoms with Gasteiger partial charge in [0.15, 0.2) is 0 Å². The third kappa shape index (κ3) is 7.67. The predicted molar refractivity (Wildman–Crippen MR) is 99.4 cm³/mol. The van der Waals surface area contributed by atoms with Gasteiger partial charge in [0.25, 0.3) is 10.1 Å². The zero-order chi connectivity index (χ0) is 18.0. The Balaban J connectivity index is 2.81. The third-order valence-electron chi connectivity index (χ3n) is 4.23. The van der Waals surface area contributed by atoms with Crippen LogP contribution in [0.2, 0.25) is 0 Å². The lowest BCUT2D eigenvalue weighted by Crippen LogP contribution is -2.24. The summed E-state index contributed by atoms with van der Waals surface area (Å²) in [7, 11) is -4.06. The van der Waals surface area contributed by atoms with E-state index < -0.39 is 15.4 Å². The summed E-state index contributed by atoms with van der Waals surface area (Å²) in [5, 5.41) is -0.926. The summed E-state index contributed by atoms with van der Waals surface area (Å²) in [4.78, 5) is 0. The SMILES string of the molecule is CCCCCc1ccc(CCCCC)c(OCC(C)S(=O)(=O)O)c1. The molecule has 1 aromatic carbocycles. The Bertz CT molecular complexity index is 581. The van der Waals surface area contributed by atoms with Gasteiger partial charge in [0, 0.05) is 0 Å². The van der Waals surface area contributed by atoms with Crippen molar-refractivity contribution >= 4 is 10.1 Å². The minimum absolute atomic E-state index is 0.0297. The molecule has 0 radical (unpaired) electrons. The number of hydrogen-bond donors (Lipinski definition) is 1. The van der Waals surface area contributed by atoms with Crippen LogP contribution in [0.15, 0.2) is 18.2 Å². The van der Waals surface area contributed by atoms with E-state index in [2.05, 4.69) is 26.0 Å². The van der Waals surface area contributed by atoms with Crippen LogP contribution in [0, 0.1) is 0 Å². The maximum atomic E-state index is 11.2. The van der Waals surface area contributed by atoms with Gasteiger partial charge in [-0.1, -0.05) is 51.7 Å². The van der Waals surface area contributed by atoms with Crippen molar-refractivity contribution in [3.8, 4) is 5.75 Å². The summed E-state index contributed by atoms with van der Waals surface area (Å²) in [5.74, 6) is 0.760. The highest BCUT2D eigenvalue weighted by Gasteiger charge is 2.18. The quantitative estimate of drug-likeness (QED) is 0.431. The van der Waals surface area contributed by atoms with E-state index >= 15 is 0 Å². The molecule has 0 aliphatic heterocycles. The highest BCUT2D eigenvalue weighted by atomic mass is 32.2. The lowest BCUT2D eigenvalue weighted by atomic mass is 10.0. The van der Waals surface area contributed by atoms with E-state index in [4.69, 9.17) is 9.29 Å². The molecule has 0 fully saturated rings. The van der Waals surface area contributed by atoms with Crippen molar-refractivity contribution in [3.63, 3.8) is 0 Å². The number of rotatable bonds is 12. The number of ether oxygens (including phenoxy) is 1. The molecule has 0 bridgehead atoms. The molecule has 1 atom stereocenters. The van der Waals surface area contributed by atoms with Crippen molar-refractivity contribution < 1.29 is 17.7 Å². The van der Waals surface area contributed by atoms with E-state index in [1.165, 1.54) is 31.7 Å². The molecule has 0 aromatic heterocycles. The normalized spacial score (nSPS) is 13.0. The molecule has 0 aliphatic rings. The maximum absolute atomic E-state index is 11.2. The molecule has 24 heavy (non-hydrogen) atoms. The largest absolute Gasteiger partial charge is 0.492 e. The highest BCUT2D eigenvalue weighted by Crippen LogP contribution is 2.24. The Morgan fingerprint density at radius 1 is 1.04 bits per heavy atom. The molecule has 0 saturated carbocycles. The molecular formula is C19H32O4S. The van der Waals surface area contributed by atoms with Crippen LogP contribution in [-0.2, 0) is 23.0 Å². The van der Waals surface area contributed by atoms with Crippen molar-refractivity contribution in [1.82, 2.24) is 0 Å². The average Bonchev–Trinajstić information content (AvgIpc) is 2.53. The van der Waals surface area contributed by atoms with Crippen LogP contribution in [-0.4, -0.2) is 24.8 Å². The van der Waals surface area contributed by atoms with Gasteiger partial charge >= 0.3 is 0 Å². The summed E-state index contributed by atoms with van der Waals surface area (Å²) in [5.41, 5.74) is 2.34. The molecule has 1 rings (SSSR count). The number of unbranched alkanes of at least 4 members (excludes halogenated alkanes) is 4. The van der Waals surface area contributed by atoms with Crippen molar-refractivity contribution in [2.75, 3.05) is 6.61 Å². The van der Waals surface area contributed by atoms with Gasteiger partial charge in [-0.25, -0.2) is 0 Å². The van der Waals surface area contributed by atoms with Crippen LogP contribution in [0.4, 0.5) is 0 Å². The van der Waals surface area contributed by atoms with Gasteiger partial charge in [-0.05, 0) is 49.8 Å². The first-order valence-electron chi connectivity index (χ1n) is 9.09. The molecular weight excluding hydrogens is 324 g/mol. The molecule has 1 unspecified atom stereocenters. The molecule has 0 amide bonds. The van der Waals surface area contributed by atoms with Gasteiger partial charge in [0.2, 0.25) is 0 Å². The Labute approximate surface area is 147 Å². The van der Waals surface area contributed by atoms with Crippen LogP contribution in [0.3, 0.4) is 0 Å². The summed E-state index contributed by atoms with van der Waals surface area (Å²) < 4.78 is 37.2. The Morgan fingerprint density at radius 2 is 1.67 bits per heavy atom. The van der Waals surface area contributed by atoms with Crippen LogP contribution in [0.25, 0.3) is 0 Å². The summed E-state index contributed by atoms with van der Waals surface area (Å²) in [6, 6.07) is 6.29. The fourth-order valence-electron chi connectivity index (χ4n) is 2.53. The fraction of sp³-hybridized carbons (Fsp3) is 0.684. The van der Waals surface area contributed by atoms with E-state index in [0.717, 1.165) is 43.4 Å². The van der Waals surface area contributed by atoms with E-state index in [-0.39, 0.29) is 6.61 Å². The van der Waals surface area contributed by atoms with Gasteiger partial charge < -0.3 is 4.74 Å². The second-order valence-corrected chi connectivity index (χ2v) is 8.33. The average molecular weight is 357 g/mol. The molecule has 0 heterocycles. The lowest BCUT2D eigenvalue weighted by Gasteiger charge is -2.15. The molecule has 0 aliphatic carbocycles. The number of aryl methyl sites for hydroxylation is 2. The third-order valence-corrected chi connectivity index (χ3v) is 5.39. The van der Waals surface area contributed by atoms with Crippen molar-refractivity contribution in [2.24, 2.45) is 0 Å². The topological polar surface area (TPSA) is 63.6 Å². The molecule has 1 N–H and O–H groups in total. The maximum Gasteiger partial charge on any atom is 0.270 e. The first-order chi connectivity index (χ1) is 11.4. The van der Waals surface area contributed by atoms with Gasteiger partial charge in [0.05, 0.1) is 0 Å². The van der Waals surface area contributed by atoms with Crippen LogP contribution in [0.1, 0.15) is 70.4 Å². The smallest absolute Gasteiger partial charge is 0.270 e. The lowest BCUT2D eigenvalue weighted by molar-refractivity contribution is 0.307. The minimum atomic E-state index is -4.06. The second-order valence-electron chi connectivity index (χ2n) is 6.49. The predicted octanol–water partition coefficient (Wildman–Crippen LogP) is 4.81. The molecule has 0 spiro atoms. The monoisotopic (exact) mass is 356 g/mol.